The third-order valence-corrected chi connectivity index (χ3v) is 3.43. The second-order valence-electron chi connectivity index (χ2n) is 4.57. The van der Waals surface area contributed by atoms with E-state index in [2.05, 4.69) is 12.2 Å². The number of halogens is 2. The summed E-state index contributed by atoms with van der Waals surface area (Å²) in [5.74, 6) is 1.36. The molecule has 0 saturated heterocycles. The van der Waals surface area contributed by atoms with Crippen molar-refractivity contribution in [3.8, 4) is 11.5 Å². The summed E-state index contributed by atoms with van der Waals surface area (Å²) in [6, 6.07) is 11.3. The summed E-state index contributed by atoms with van der Waals surface area (Å²) in [7, 11) is 0. The highest BCUT2D eigenvalue weighted by Crippen LogP contribution is 2.33. The molecule has 1 N–H and O–H groups in total. The zero-order valence-electron chi connectivity index (χ0n) is 11.5. The molecule has 0 bridgehead atoms. The maximum atomic E-state index is 6.20. The van der Waals surface area contributed by atoms with Gasteiger partial charge < -0.3 is 10.1 Å². The van der Waals surface area contributed by atoms with Crippen LogP contribution < -0.4 is 10.1 Å². The molecule has 0 saturated carbocycles. The summed E-state index contributed by atoms with van der Waals surface area (Å²) in [5.41, 5.74) is 2.15. The fourth-order valence-corrected chi connectivity index (χ4v) is 2.27. The van der Waals surface area contributed by atoms with Crippen molar-refractivity contribution in [3.63, 3.8) is 0 Å². The van der Waals surface area contributed by atoms with Crippen LogP contribution in [-0.2, 0) is 6.54 Å². The number of rotatable bonds is 5. The van der Waals surface area contributed by atoms with Gasteiger partial charge in [-0.15, -0.1) is 0 Å². The van der Waals surface area contributed by atoms with Crippen molar-refractivity contribution in [2.45, 2.75) is 20.4 Å². The Hall–Kier alpha value is -1.22. The van der Waals surface area contributed by atoms with Gasteiger partial charge in [0.2, 0.25) is 0 Å². The molecule has 0 atom stereocenters. The average Bonchev–Trinajstić information content (AvgIpc) is 2.41. The number of nitrogens with one attached hydrogen (secondary N) is 1. The van der Waals surface area contributed by atoms with Crippen LogP contribution in [0.5, 0.6) is 11.5 Å². The van der Waals surface area contributed by atoms with Crippen LogP contribution >= 0.6 is 23.2 Å². The van der Waals surface area contributed by atoms with E-state index in [1.807, 2.05) is 43.3 Å². The minimum Gasteiger partial charge on any atom is -0.455 e. The molecule has 0 aliphatic heterocycles. The van der Waals surface area contributed by atoms with Gasteiger partial charge >= 0.3 is 0 Å². The van der Waals surface area contributed by atoms with Crippen molar-refractivity contribution in [2.24, 2.45) is 0 Å². The number of aryl methyl sites for hydroxylation is 1. The number of hydrogen-bond acceptors (Lipinski definition) is 2. The van der Waals surface area contributed by atoms with Crippen LogP contribution in [0.4, 0.5) is 0 Å². The van der Waals surface area contributed by atoms with Gasteiger partial charge in [0.15, 0.2) is 0 Å². The van der Waals surface area contributed by atoms with E-state index >= 15 is 0 Å². The first-order chi connectivity index (χ1) is 9.60. The summed E-state index contributed by atoms with van der Waals surface area (Å²) in [6.45, 7) is 5.68. The molecule has 2 nitrogen and oxygen atoms in total. The molecule has 2 rings (SSSR count). The lowest BCUT2D eigenvalue weighted by Gasteiger charge is -2.13. The highest BCUT2D eigenvalue weighted by molar-refractivity contribution is 6.32. The van der Waals surface area contributed by atoms with Crippen LogP contribution in [0.25, 0.3) is 0 Å². The Balaban J connectivity index is 2.29. The van der Waals surface area contributed by atoms with Gasteiger partial charge in [0.1, 0.15) is 11.5 Å². The van der Waals surface area contributed by atoms with E-state index in [-0.39, 0.29) is 0 Å². The normalized spacial score (nSPS) is 10.6. The lowest BCUT2D eigenvalue weighted by Crippen LogP contribution is -2.12. The minimum atomic E-state index is 0.597. The molecule has 0 aliphatic rings. The first-order valence-electron chi connectivity index (χ1n) is 6.53. The smallest absolute Gasteiger partial charge is 0.146 e. The van der Waals surface area contributed by atoms with Crippen molar-refractivity contribution in [1.82, 2.24) is 5.32 Å². The van der Waals surface area contributed by atoms with E-state index in [1.165, 1.54) is 0 Å². The Kier molecular flexibility index (Phi) is 5.30. The fraction of sp³-hybridized carbons (Fsp3) is 0.250. The first kappa shape index (κ1) is 15.2. The maximum absolute atomic E-state index is 6.20. The number of benzene rings is 2. The van der Waals surface area contributed by atoms with Crippen LogP contribution in [0.2, 0.25) is 10.0 Å². The molecule has 20 heavy (non-hydrogen) atoms. The van der Waals surface area contributed by atoms with Crippen LogP contribution in [0.15, 0.2) is 36.4 Å². The molecule has 2 aromatic carbocycles. The van der Waals surface area contributed by atoms with Gasteiger partial charge in [0, 0.05) is 17.1 Å². The van der Waals surface area contributed by atoms with Gasteiger partial charge in [-0.1, -0.05) is 42.3 Å². The second-order valence-corrected chi connectivity index (χ2v) is 5.41. The average molecular weight is 310 g/mol. The molecule has 0 heterocycles. The van der Waals surface area contributed by atoms with Crippen molar-refractivity contribution in [2.75, 3.05) is 6.54 Å². The molecule has 0 fully saturated rings. The van der Waals surface area contributed by atoms with Crippen molar-refractivity contribution in [1.29, 1.82) is 0 Å². The third kappa shape index (κ3) is 3.89. The standard InChI is InChI=1S/C16H17Cl2NO/c1-3-19-10-12-5-6-13(17)9-16(12)20-15-7-4-11(2)8-14(15)18/h4-9,19H,3,10H2,1-2H3. The summed E-state index contributed by atoms with van der Waals surface area (Å²) < 4.78 is 5.92. The van der Waals surface area contributed by atoms with Gasteiger partial charge in [0.05, 0.1) is 5.02 Å². The van der Waals surface area contributed by atoms with Crippen LogP contribution in [0.1, 0.15) is 18.1 Å². The predicted molar refractivity (Wildman–Crippen MR) is 85.1 cm³/mol. The highest BCUT2D eigenvalue weighted by Gasteiger charge is 2.08. The zero-order chi connectivity index (χ0) is 14.5. The molecular weight excluding hydrogens is 293 g/mol. The van der Waals surface area contributed by atoms with Crippen molar-refractivity contribution < 1.29 is 4.74 Å². The Morgan fingerprint density at radius 2 is 1.85 bits per heavy atom. The van der Waals surface area contributed by atoms with E-state index < -0.39 is 0 Å². The van der Waals surface area contributed by atoms with Gasteiger partial charge in [-0.05, 0) is 43.3 Å². The number of hydrogen-bond donors (Lipinski definition) is 1. The van der Waals surface area contributed by atoms with Crippen molar-refractivity contribution >= 4 is 23.2 Å². The first-order valence-corrected chi connectivity index (χ1v) is 7.29. The molecule has 4 heteroatoms. The monoisotopic (exact) mass is 309 g/mol. The topological polar surface area (TPSA) is 21.3 Å². The second kappa shape index (κ2) is 6.98. The Labute approximate surface area is 129 Å². The molecule has 0 spiro atoms. The predicted octanol–water partition coefficient (Wildman–Crippen LogP) is 5.20. The van der Waals surface area contributed by atoms with Crippen LogP contribution in [0.3, 0.4) is 0 Å². The minimum absolute atomic E-state index is 0.597. The quantitative estimate of drug-likeness (QED) is 0.819. The zero-order valence-corrected chi connectivity index (χ0v) is 13.1. The Bertz CT molecular complexity index is 599. The van der Waals surface area contributed by atoms with E-state index in [4.69, 9.17) is 27.9 Å². The van der Waals surface area contributed by atoms with Crippen LogP contribution in [-0.4, -0.2) is 6.54 Å². The van der Waals surface area contributed by atoms with Crippen molar-refractivity contribution in [3.05, 3.63) is 57.6 Å². The van der Waals surface area contributed by atoms with E-state index in [9.17, 15) is 0 Å². The van der Waals surface area contributed by atoms with Gasteiger partial charge in [-0.3, -0.25) is 0 Å². The van der Waals surface area contributed by atoms with Gasteiger partial charge in [-0.25, -0.2) is 0 Å². The molecule has 106 valence electrons. The summed E-state index contributed by atoms with van der Waals surface area (Å²) in [6.07, 6.45) is 0. The summed E-state index contributed by atoms with van der Waals surface area (Å²) >= 11 is 12.3. The largest absolute Gasteiger partial charge is 0.455 e. The molecule has 0 radical (unpaired) electrons. The summed E-state index contributed by atoms with van der Waals surface area (Å²) in [5, 5.41) is 4.52. The molecular formula is C16H17Cl2NO. The molecule has 0 amide bonds. The van der Waals surface area contributed by atoms with Gasteiger partial charge in [0.25, 0.3) is 0 Å². The molecule has 0 unspecified atom stereocenters. The lowest BCUT2D eigenvalue weighted by atomic mass is 10.2. The third-order valence-electron chi connectivity index (χ3n) is 2.90. The maximum Gasteiger partial charge on any atom is 0.146 e. The van der Waals surface area contributed by atoms with E-state index in [1.54, 1.807) is 0 Å². The SMILES string of the molecule is CCNCc1ccc(Cl)cc1Oc1ccc(C)cc1Cl. The summed E-state index contributed by atoms with van der Waals surface area (Å²) in [4.78, 5) is 0. The lowest BCUT2D eigenvalue weighted by molar-refractivity contribution is 0.473. The Morgan fingerprint density at radius 3 is 2.55 bits per heavy atom. The van der Waals surface area contributed by atoms with E-state index in [0.717, 1.165) is 30.0 Å². The molecule has 0 aliphatic carbocycles. The fourth-order valence-electron chi connectivity index (χ4n) is 1.84. The van der Waals surface area contributed by atoms with Crippen LogP contribution in [0, 0.1) is 6.92 Å². The molecule has 2 aromatic rings. The molecule has 0 aromatic heterocycles. The van der Waals surface area contributed by atoms with Gasteiger partial charge in [-0.2, -0.15) is 0 Å². The number of ether oxygens (including phenoxy) is 1. The van der Waals surface area contributed by atoms with E-state index in [0.29, 0.717) is 15.8 Å². The highest BCUT2D eigenvalue weighted by atomic mass is 35.5. The Morgan fingerprint density at radius 1 is 1.05 bits per heavy atom.